The van der Waals surface area contributed by atoms with Crippen LogP contribution >= 0.6 is 24.0 Å². The molecule has 0 spiro atoms. The lowest BCUT2D eigenvalue weighted by Gasteiger charge is -2.09. The molecular formula is C11H16Cl2N2O. The summed E-state index contributed by atoms with van der Waals surface area (Å²) in [5, 5.41) is 6.42. The molecule has 90 valence electrons. The molecule has 0 aliphatic rings. The van der Waals surface area contributed by atoms with Crippen LogP contribution in [0.25, 0.3) is 0 Å². The average Bonchev–Trinajstić information content (AvgIpc) is 2.22. The summed E-state index contributed by atoms with van der Waals surface area (Å²) < 4.78 is 0. The molecule has 0 atom stereocenters. The fraction of sp³-hybridized carbons (Fsp3) is 0.364. The Morgan fingerprint density at radius 1 is 1.44 bits per heavy atom. The number of carbonyl (C=O) groups excluding carboxylic acids is 1. The number of rotatable bonds is 4. The Kier molecular flexibility index (Phi) is 7.13. The quantitative estimate of drug-likeness (QED) is 0.876. The highest BCUT2D eigenvalue weighted by Gasteiger charge is 2.05. The van der Waals surface area contributed by atoms with Gasteiger partial charge in [-0.15, -0.1) is 12.4 Å². The molecule has 0 saturated heterocycles. The van der Waals surface area contributed by atoms with Crippen LogP contribution in [0.15, 0.2) is 18.2 Å². The van der Waals surface area contributed by atoms with Crippen molar-refractivity contribution in [3.05, 3.63) is 28.8 Å². The minimum atomic E-state index is -0.0535. The summed E-state index contributed by atoms with van der Waals surface area (Å²) in [6, 6.07) is 5.46. The van der Waals surface area contributed by atoms with Crippen LogP contribution in [-0.4, -0.2) is 19.0 Å². The molecule has 1 aromatic carbocycles. The average molecular weight is 263 g/mol. The molecular weight excluding hydrogens is 247 g/mol. The predicted molar refractivity (Wildman–Crippen MR) is 70.6 cm³/mol. The molecule has 0 heterocycles. The number of anilines is 1. The van der Waals surface area contributed by atoms with Crippen molar-refractivity contribution in [3.8, 4) is 0 Å². The summed E-state index contributed by atoms with van der Waals surface area (Å²) >= 11 is 5.93. The molecule has 0 aromatic heterocycles. The topological polar surface area (TPSA) is 41.1 Å². The lowest BCUT2D eigenvalue weighted by molar-refractivity contribution is -0.115. The van der Waals surface area contributed by atoms with Gasteiger partial charge in [0.1, 0.15) is 0 Å². The highest BCUT2D eigenvalue weighted by molar-refractivity contribution is 6.31. The molecule has 2 N–H and O–H groups in total. The van der Waals surface area contributed by atoms with Crippen molar-refractivity contribution in [1.82, 2.24) is 5.32 Å². The third-order valence-corrected chi connectivity index (χ3v) is 2.49. The molecule has 1 amide bonds. The first kappa shape index (κ1) is 15.2. The fourth-order valence-electron chi connectivity index (χ4n) is 1.18. The zero-order valence-electron chi connectivity index (χ0n) is 9.34. The second kappa shape index (κ2) is 7.49. The monoisotopic (exact) mass is 262 g/mol. The Morgan fingerprint density at radius 2 is 2.12 bits per heavy atom. The van der Waals surface area contributed by atoms with E-state index in [1.54, 1.807) is 6.07 Å². The SMILES string of the molecule is CCNCC(=O)Nc1cccc(Cl)c1C.Cl. The number of amides is 1. The van der Waals surface area contributed by atoms with Crippen LogP contribution < -0.4 is 10.6 Å². The van der Waals surface area contributed by atoms with E-state index in [9.17, 15) is 4.79 Å². The molecule has 0 aliphatic carbocycles. The maximum absolute atomic E-state index is 11.4. The number of hydrogen-bond donors (Lipinski definition) is 2. The number of nitrogens with one attached hydrogen (secondary N) is 2. The normalized spacial score (nSPS) is 9.44. The zero-order chi connectivity index (χ0) is 11.3. The smallest absolute Gasteiger partial charge is 0.238 e. The van der Waals surface area contributed by atoms with Crippen LogP contribution in [0.5, 0.6) is 0 Å². The Bertz CT molecular complexity index is 356. The van der Waals surface area contributed by atoms with Crippen LogP contribution in [0, 0.1) is 6.92 Å². The summed E-state index contributed by atoms with van der Waals surface area (Å²) in [7, 11) is 0. The Balaban J connectivity index is 0.00000225. The first-order valence-corrected chi connectivity index (χ1v) is 5.28. The van der Waals surface area contributed by atoms with Gasteiger partial charge in [0.25, 0.3) is 0 Å². The largest absolute Gasteiger partial charge is 0.325 e. The number of likely N-dealkylation sites (N-methyl/N-ethyl adjacent to an activating group) is 1. The first-order valence-electron chi connectivity index (χ1n) is 4.90. The molecule has 16 heavy (non-hydrogen) atoms. The molecule has 3 nitrogen and oxygen atoms in total. The van der Waals surface area contributed by atoms with E-state index in [2.05, 4.69) is 10.6 Å². The molecule has 0 fully saturated rings. The second-order valence-electron chi connectivity index (χ2n) is 3.24. The van der Waals surface area contributed by atoms with E-state index in [0.29, 0.717) is 11.6 Å². The van der Waals surface area contributed by atoms with Crippen molar-refractivity contribution in [2.45, 2.75) is 13.8 Å². The van der Waals surface area contributed by atoms with E-state index in [0.717, 1.165) is 17.8 Å². The van der Waals surface area contributed by atoms with Crippen LogP contribution in [0.3, 0.4) is 0 Å². The van der Waals surface area contributed by atoms with Crippen LogP contribution in [0.2, 0.25) is 5.02 Å². The van der Waals surface area contributed by atoms with Crippen molar-refractivity contribution in [3.63, 3.8) is 0 Å². The van der Waals surface area contributed by atoms with Crippen LogP contribution in [0.4, 0.5) is 5.69 Å². The molecule has 0 radical (unpaired) electrons. The Hall–Kier alpha value is -0.770. The number of hydrogen-bond acceptors (Lipinski definition) is 2. The van der Waals surface area contributed by atoms with Gasteiger partial charge < -0.3 is 10.6 Å². The Morgan fingerprint density at radius 3 is 2.75 bits per heavy atom. The van der Waals surface area contributed by atoms with Crippen molar-refractivity contribution in [2.75, 3.05) is 18.4 Å². The van der Waals surface area contributed by atoms with Crippen molar-refractivity contribution >= 4 is 35.6 Å². The van der Waals surface area contributed by atoms with E-state index < -0.39 is 0 Å². The highest BCUT2D eigenvalue weighted by Crippen LogP contribution is 2.22. The van der Waals surface area contributed by atoms with Crippen molar-refractivity contribution < 1.29 is 4.79 Å². The molecule has 1 rings (SSSR count). The van der Waals surface area contributed by atoms with Gasteiger partial charge in [-0.1, -0.05) is 24.6 Å². The van der Waals surface area contributed by atoms with Gasteiger partial charge in [-0.05, 0) is 31.2 Å². The number of halogens is 2. The lowest BCUT2D eigenvalue weighted by Crippen LogP contribution is -2.27. The number of carbonyl (C=O) groups is 1. The van der Waals surface area contributed by atoms with E-state index >= 15 is 0 Å². The predicted octanol–water partition coefficient (Wildman–Crippen LogP) is 2.62. The third kappa shape index (κ3) is 4.39. The summed E-state index contributed by atoms with van der Waals surface area (Å²) in [6.07, 6.45) is 0. The van der Waals surface area contributed by atoms with Crippen molar-refractivity contribution in [1.29, 1.82) is 0 Å². The highest BCUT2D eigenvalue weighted by atomic mass is 35.5. The van der Waals surface area contributed by atoms with Gasteiger partial charge in [0.15, 0.2) is 0 Å². The zero-order valence-corrected chi connectivity index (χ0v) is 10.9. The van der Waals surface area contributed by atoms with Crippen LogP contribution in [0.1, 0.15) is 12.5 Å². The molecule has 0 aliphatic heterocycles. The molecule has 1 aromatic rings. The van der Waals surface area contributed by atoms with E-state index in [1.807, 2.05) is 26.0 Å². The fourth-order valence-corrected chi connectivity index (χ4v) is 1.35. The van der Waals surface area contributed by atoms with Gasteiger partial charge in [0, 0.05) is 10.7 Å². The third-order valence-electron chi connectivity index (χ3n) is 2.08. The van der Waals surface area contributed by atoms with Gasteiger partial charge >= 0.3 is 0 Å². The van der Waals surface area contributed by atoms with Gasteiger partial charge in [-0.25, -0.2) is 0 Å². The molecule has 0 saturated carbocycles. The maximum Gasteiger partial charge on any atom is 0.238 e. The van der Waals surface area contributed by atoms with Gasteiger partial charge in [-0.3, -0.25) is 4.79 Å². The first-order chi connectivity index (χ1) is 7.15. The van der Waals surface area contributed by atoms with Crippen molar-refractivity contribution in [2.24, 2.45) is 0 Å². The van der Waals surface area contributed by atoms with Crippen LogP contribution in [-0.2, 0) is 4.79 Å². The van der Waals surface area contributed by atoms with Gasteiger partial charge in [0.05, 0.1) is 6.54 Å². The van der Waals surface area contributed by atoms with E-state index in [-0.39, 0.29) is 18.3 Å². The molecule has 0 bridgehead atoms. The Labute approximate surface area is 107 Å². The minimum absolute atomic E-state index is 0. The van der Waals surface area contributed by atoms with Gasteiger partial charge in [-0.2, -0.15) is 0 Å². The molecule has 5 heteroatoms. The number of benzene rings is 1. The minimum Gasteiger partial charge on any atom is -0.325 e. The van der Waals surface area contributed by atoms with E-state index in [1.165, 1.54) is 0 Å². The summed E-state index contributed by atoms with van der Waals surface area (Å²) in [5.41, 5.74) is 1.66. The lowest BCUT2D eigenvalue weighted by atomic mass is 10.2. The van der Waals surface area contributed by atoms with E-state index in [4.69, 9.17) is 11.6 Å². The molecule has 0 unspecified atom stereocenters. The van der Waals surface area contributed by atoms with Gasteiger partial charge in [0.2, 0.25) is 5.91 Å². The standard InChI is InChI=1S/C11H15ClN2O.ClH/c1-3-13-7-11(15)14-10-6-4-5-9(12)8(10)2;/h4-6,13H,3,7H2,1-2H3,(H,14,15);1H. The summed E-state index contributed by atoms with van der Waals surface area (Å²) in [5.74, 6) is -0.0535. The second-order valence-corrected chi connectivity index (χ2v) is 3.65. The summed E-state index contributed by atoms with van der Waals surface area (Å²) in [4.78, 5) is 11.4. The summed E-state index contributed by atoms with van der Waals surface area (Å²) in [6.45, 7) is 4.94. The maximum atomic E-state index is 11.4.